The molecule has 2 saturated heterocycles. The Labute approximate surface area is 191 Å². The van der Waals surface area contributed by atoms with Crippen molar-refractivity contribution in [3.63, 3.8) is 0 Å². The van der Waals surface area contributed by atoms with Crippen LogP contribution in [0.2, 0.25) is 23.2 Å². The monoisotopic (exact) mass is 472 g/mol. The fourth-order valence-corrected chi connectivity index (χ4v) is 6.14. The molecule has 6 nitrogen and oxygen atoms in total. The van der Waals surface area contributed by atoms with E-state index in [0.29, 0.717) is 17.0 Å². The minimum absolute atomic E-state index is 0.0256. The molecule has 1 aromatic rings. The first-order valence-electron chi connectivity index (χ1n) is 10.9. The third-order valence-electron chi connectivity index (χ3n) is 7.19. The third kappa shape index (κ3) is 4.89. The van der Waals surface area contributed by atoms with Crippen LogP contribution in [0, 0.1) is 0 Å². The Balaban J connectivity index is 1.90. The highest BCUT2D eigenvalue weighted by atomic mass is 35.5. The lowest BCUT2D eigenvalue weighted by Crippen LogP contribution is -2.50. The molecule has 1 unspecified atom stereocenters. The van der Waals surface area contributed by atoms with Crippen LogP contribution in [0.25, 0.3) is 0 Å². The van der Waals surface area contributed by atoms with Crippen molar-refractivity contribution in [1.82, 2.24) is 0 Å². The van der Waals surface area contributed by atoms with Crippen LogP contribution < -0.4 is 0 Å². The minimum atomic E-state index is -2.02. The number of benzene rings is 1. The van der Waals surface area contributed by atoms with Crippen LogP contribution in [0.5, 0.6) is 0 Å². The molecular weight excluding hydrogens is 436 g/mol. The first-order chi connectivity index (χ1) is 14.2. The summed E-state index contributed by atoms with van der Waals surface area (Å²) < 4.78 is 23.4. The lowest BCUT2D eigenvalue weighted by atomic mass is 9.94. The van der Waals surface area contributed by atoms with Gasteiger partial charge in [-0.25, -0.2) is 0 Å². The van der Waals surface area contributed by atoms with Crippen LogP contribution in [0.1, 0.15) is 51.8 Å². The van der Waals surface area contributed by atoms with Gasteiger partial charge in [0.25, 0.3) is 0 Å². The quantitative estimate of drug-likeness (QED) is 0.604. The molecule has 1 aromatic carbocycles. The van der Waals surface area contributed by atoms with Crippen LogP contribution in [0.15, 0.2) is 18.2 Å². The fraction of sp³-hybridized carbons (Fsp3) is 0.739. The van der Waals surface area contributed by atoms with Crippen LogP contribution in [0.3, 0.4) is 0 Å². The molecule has 0 saturated carbocycles. The number of hydrogen-bond acceptors (Lipinski definition) is 6. The van der Waals surface area contributed by atoms with Crippen molar-refractivity contribution in [2.75, 3.05) is 7.11 Å². The van der Waals surface area contributed by atoms with Gasteiger partial charge < -0.3 is 29.2 Å². The number of aliphatic hydroxyl groups excluding tert-OH is 2. The van der Waals surface area contributed by atoms with Crippen molar-refractivity contribution in [2.45, 2.75) is 101 Å². The van der Waals surface area contributed by atoms with E-state index in [9.17, 15) is 10.2 Å². The van der Waals surface area contributed by atoms with E-state index in [-0.39, 0.29) is 5.04 Å². The van der Waals surface area contributed by atoms with E-state index in [1.165, 1.54) is 0 Å². The lowest BCUT2D eigenvalue weighted by molar-refractivity contribution is -0.237. The molecule has 3 rings (SSSR count). The van der Waals surface area contributed by atoms with Crippen molar-refractivity contribution < 1.29 is 29.2 Å². The van der Waals surface area contributed by atoms with E-state index >= 15 is 0 Å². The molecule has 6 atom stereocenters. The molecule has 8 heteroatoms. The highest BCUT2D eigenvalue weighted by Crippen LogP contribution is 2.44. The molecule has 0 bridgehead atoms. The normalized spacial score (nSPS) is 30.3. The molecule has 2 aliphatic rings. The summed E-state index contributed by atoms with van der Waals surface area (Å²) in [4.78, 5) is 0. The summed E-state index contributed by atoms with van der Waals surface area (Å²) in [6.45, 7) is 14.6. The second-order valence-electron chi connectivity index (χ2n) is 10.7. The maximum atomic E-state index is 11.4. The summed E-state index contributed by atoms with van der Waals surface area (Å²) in [5.74, 6) is -0.783. The second kappa shape index (κ2) is 8.69. The van der Waals surface area contributed by atoms with Gasteiger partial charge in [0.1, 0.15) is 24.4 Å². The zero-order valence-electron chi connectivity index (χ0n) is 19.8. The predicted molar refractivity (Wildman–Crippen MR) is 123 cm³/mol. The van der Waals surface area contributed by atoms with Crippen molar-refractivity contribution in [1.29, 1.82) is 0 Å². The van der Waals surface area contributed by atoms with Crippen LogP contribution in [-0.2, 0) is 25.4 Å². The first kappa shape index (κ1) is 25.1. The van der Waals surface area contributed by atoms with Crippen LogP contribution in [-0.4, -0.2) is 61.5 Å². The molecule has 0 aromatic heterocycles. The highest BCUT2D eigenvalue weighted by molar-refractivity contribution is 6.81. The zero-order chi connectivity index (χ0) is 23.4. The average molecular weight is 473 g/mol. The van der Waals surface area contributed by atoms with Crippen molar-refractivity contribution in [3.8, 4) is 0 Å². The Morgan fingerprint density at radius 2 is 1.77 bits per heavy atom. The zero-order valence-corrected chi connectivity index (χ0v) is 21.6. The second-order valence-corrected chi connectivity index (χ2v) is 16.8. The van der Waals surface area contributed by atoms with E-state index in [0.717, 1.165) is 5.56 Å². The Kier molecular flexibility index (Phi) is 7.04. The molecule has 0 aliphatic carbocycles. The van der Waals surface area contributed by atoms with E-state index in [1.807, 2.05) is 19.9 Å². The van der Waals surface area contributed by atoms with Crippen molar-refractivity contribution >= 4 is 19.7 Å². The third-order valence-corrected chi connectivity index (χ3v) is 13.2. The van der Waals surface area contributed by atoms with Gasteiger partial charge in [-0.2, -0.15) is 0 Å². The Hall–Kier alpha value is -0.513. The van der Waals surface area contributed by atoms with E-state index < -0.39 is 50.3 Å². The number of rotatable bonds is 6. The molecule has 2 heterocycles. The van der Waals surface area contributed by atoms with Crippen LogP contribution in [0.4, 0.5) is 0 Å². The molecule has 0 spiro atoms. The first-order valence-corrected chi connectivity index (χ1v) is 14.3. The highest BCUT2D eigenvalue weighted by Gasteiger charge is 2.57. The van der Waals surface area contributed by atoms with E-state index in [2.05, 4.69) is 33.9 Å². The molecule has 31 heavy (non-hydrogen) atoms. The van der Waals surface area contributed by atoms with Gasteiger partial charge >= 0.3 is 0 Å². The summed E-state index contributed by atoms with van der Waals surface area (Å²) in [6.07, 6.45) is -2.75. The Morgan fingerprint density at radius 3 is 2.35 bits per heavy atom. The molecule has 176 valence electrons. The Bertz CT molecular complexity index is 793. The van der Waals surface area contributed by atoms with Crippen molar-refractivity contribution in [2.24, 2.45) is 0 Å². The minimum Gasteiger partial charge on any atom is -0.396 e. The maximum Gasteiger partial charge on any atom is 0.186 e. The number of methoxy groups -OCH3 is 1. The molecule has 0 amide bonds. The summed E-state index contributed by atoms with van der Waals surface area (Å²) >= 11 is 6.29. The van der Waals surface area contributed by atoms with Gasteiger partial charge in [-0.1, -0.05) is 51.5 Å². The number of hydrogen-bond donors (Lipinski definition) is 2. The smallest absolute Gasteiger partial charge is 0.186 e. The lowest BCUT2D eigenvalue weighted by Gasteiger charge is -2.41. The van der Waals surface area contributed by atoms with Gasteiger partial charge in [-0.05, 0) is 48.6 Å². The number of halogens is 1. The largest absolute Gasteiger partial charge is 0.396 e. The average Bonchev–Trinajstić information content (AvgIpc) is 3.13. The number of aliphatic hydroxyl groups is 2. The summed E-state index contributed by atoms with van der Waals surface area (Å²) in [7, 11) is -0.470. The standard InChI is InChI=1S/C23H37ClO6Si/c1-22(2,3)31(7,8)16(25)12-13-11-14(24)9-10-15(13)17(26)18-19-20(21(27-6)28-18)30-23(4,5)29-19/h9-11,16-21,25-26H,12H2,1-8H3/t16?,17-,18-,19-,20-,21-/m1/s1. The van der Waals surface area contributed by atoms with Gasteiger partial charge in [0, 0.05) is 17.9 Å². The molecule has 2 N–H and O–H groups in total. The maximum absolute atomic E-state index is 11.4. The molecular formula is C23H37ClO6Si. The topological polar surface area (TPSA) is 77.4 Å². The van der Waals surface area contributed by atoms with Crippen LogP contribution >= 0.6 is 11.6 Å². The van der Waals surface area contributed by atoms with Gasteiger partial charge in [-0.15, -0.1) is 0 Å². The predicted octanol–water partition coefficient (Wildman–Crippen LogP) is 4.22. The van der Waals surface area contributed by atoms with Gasteiger partial charge in [-0.3, -0.25) is 0 Å². The number of fused-ring (bicyclic) bond motifs is 1. The number of ether oxygens (including phenoxy) is 4. The Morgan fingerprint density at radius 1 is 1.16 bits per heavy atom. The summed E-state index contributed by atoms with van der Waals surface area (Å²) in [5.41, 5.74) is 0.998. The molecule has 0 radical (unpaired) electrons. The van der Waals surface area contributed by atoms with E-state index in [4.69, 9.17) is 30.5 Å². The van der Waals surface area contributed by atoms with Gasteiger partial charge in [0.15, 0.2) is 12.1 Å². The van der Waals surface area contributed by atoms with Gasteiger partial charge in [0.2, 0.25) is 0 Å². The van der Waals surface area contributed by atoms with E-state index in [1.54, 1.807) is 19.2 Å². The van der Waals surface area contributed by atoms with Crippen molar-refractivity contribution in [3.05, 3.63) is 34.3 Å². The SMILES string of the molecule is CO[C@@H]1O[C@H]([C@H](O)c2ccc(Cl)cc2CC(O)[Si](C)(C)C(C)(C)C)[C@H]2OC(C)(C)O[C@@H]12. The van der Waals surface area contributed by atoms with Gasteiger partial charge in [0.05, 0.1) is 8.07 Å². The summed E-state index contributed by atoms with van der Waals surface area (Å²) in [5, 5.41) is 23.1. The summed E-state index contributed by atoms with van der Waals surface area (Å²) in [6, 6.07) is 5.38. The molecule has 2 fully saturated rings. The molecule has 2 aliphatic heterocycles. The fourth-order valence-electron chi connectivity index (χ4n) is 4.22.